The molecule has 2 aliphatic rings. The molecule has 0 unspecified atom stereocenters. The Kier molecular flexibility index (Phi) is 10.1. The summed E-state index contributed by atoms with van der Waals surface area (Å²) in [5.74, 6) is -0.0447. The molecule has 0 saturated carbocycles. The van der Waals surface area contributed by atoms with Gasteiger partial charge in [-0.3, -0.25) is 14.5 Å². The molecule has 3 aromatic rings. The summed E-state index contributed by atoms with van der Waals surface area (Å²) in [4.78, 5) is 36.9. The van der Waals surface area contributed by atoms with Gasteiger partial charge in [-0.2, -0.15) is 5.26 Å². The van der Waals surface area contributed by atoms with Crippen LogP contribution in [0.25, 0.3) is 22.3 Å². The van der Waals surface area contributed by atoms with Gasteiger partial charge in [0.15, 0.2) is 0 Å². The van der Waals surface area contributed by atoms with Crippen molar-refractivity contribution in [2.45, 2.75) is 19.4 Å². The third kappa shape index (κ3) is 7.36. The molecule has 2 fully saturated rings. The highest BCUT2D eigenvalue weighted by molar-refractivity contribution is 5.99. The monoisotopic (exact) mass is 592 g/mol. The van der Waals surface area contributed by atoms with Crippen molar-refractivity contribution in [2.24, 2.45) is 0 Å². The van der Waals surface area contributed by atoms with Gasteiger partial charge < -0.3 is 19.6 Å². The Morgan fingerprint density at radius 3 is 2.09 bits per heavy atom. The molecule has 0 aliphatic carbocycles. The van der Waals surface area contributed by atoms with E-state index in [1.807, 2.05) is 59.5 Å². The summed E-state index contributed by atoms with van der Waals surface area (Å²) in [6.07, 6.45) is 2.09. The summed E-state index contributed by atoms with van der Waals surface area (Å²) < 4.78 is 0. The van der Waals surface area contributed by atoms with Gasteiger partial charge in [0.2, 0.25) is 0 Å². The quantitative estimate of drug-likeness (QED) is 0.420. The van der Waals surface area contributed by atoms with E-state index in [0.717, 1.165) is 93.0 Å². The number of nitrogens with zero attached hydrogens (tertiary/aromatic N) is 6. The van der Waals surface area contributed by atoms with Gasteiger partial charge in [-0.15, -0.1) is 0 Å². The maximum Gasteiger partial charge on any atom is 0.253 e. The van der Waals surface area contributed by atoms with E-state index in [1.54, 1.807) is 19.0 Å². The zero-order valence-electron chi connectivity index (χ0n) is 26.6. The molecular weight excluding hydrogens is 548 g/mol. The standard InChI is InChI=1S/C36H44N6O2/c1-38(2)35(43)29-10-8-28(9-11-29)34-24-30(36(44)42-18-6-16-40(4)20-22-42)12-14-33(34)32-13-7-27(23-31(32)25-37)26-41-17-5-15-39(3)19-21-41/h7-14,23-24H,5-6,15-22,26H2,1-4H3. The fourth-order valence-electron chi connectivity index (χ4n) is 6.17. The van der Waals surface area contributed by atoms with E-state index in [1.165, 1.54) is 0 Å². The lowest BCUT2D eigenvalue weighted by atomic mass is 9.89. The number of benzene rings is 3. The number of nitriles is 1. The van der Waals surface area contributed by atoms with Crippen molar-refractivity contribution in [2.75, 3.05) is 80.5 Å². The van der Waals surface area contributed by atoms with Crippen LogP contribution in [0.4, 0.5) is 0 Å². The Morgan fingerprint density at radius 2 is 1.39 bits per heavy atom. The Hall–Kier alpha value is -4.03. The summed E-state index contributed by atoms with van der Waals surface area (Å²) in [6.45, 7) is 8.29. The first-order valence-corrected chi connectivity index (χ1v) is 15.6. The van der Waals surface area contributed by atoms with Crippen LogP contribution in [0, 0.1) is 11.3 Å². The third-order valence-corrected chi connectivity index (χ3v) is 8.84. The lowest BCUT2D eigenvalue weighted by Gasteiger charge is -2.22. The number of hydrogen-bond acceptors (Lipinski definition) is 6. The van der Waals surface area contributed by atoms with E-state index in [4.69, 9.17) is 0 Å². The van der Waals surface area contributed by atoms with Crippen molar-refractivity contribution in [3.8, 4) is 28.3 Å². The molecule has 0 atom stereocenters. The number of rotatable bonds is 6. The van der Waals surface area contributed by atoms with Crippen LogP contribution in [-0.4, -0.2) is 117 Å². The minimum atomic E-state index is -0.0646. The van der Waals surface area contributed by atoms with Crippen molar-refractivity contribution in [1.29, 1.82) is 5.26 Å². The van der Waals surface area contributed by atoms with Gasteiger partial charge in [-0.25, -0.2) is 0 Å². The Morgan fingerprint density at radius 1 is 0.727 bits per heavy atom. The molecule has 2 aliphatic heterocycles. The molecule has 0 radical (unpaired) electrons. The summed E-state index contributed by atoms with van der Waals surface area (Å²) in [7, 11) is 7.74. The minimum absolute atomic E-state index is 0.0199. The average molecular weight is 593 g/mol. The molecule has 2 amide bonds. The summed E-state index contributed by atoms with van der Waals surface area (Å²) in [5.41, 5.74) is 6.46. The Balaban J connectivity index is 1.51. The maximum absolute atomic E-state index is 13.7. The van der Waals surface area contributed by atoms with Gasteiger partial charge in [-0.05, 0) is 99.2 Å². The van der Waals surface area contributed by atoms with E-state index in [0.29, 0.717) is 23.2 Å². The number of likely N-dealkylation sites (N-methyl/N-ethyl adjacent to an activating group) is 2. The van der Waals surface area contributed by atoms with Crippen molar-refractivity contribution in [1.82, 2.24) is 24.5 Å². The average Bonchev–Trinajstić information content (AvgIpc) is 3.39. The highest BCUT2D eigenvalue weighted by Gasteiger charge is 2.22. The van der Waals surface area contributed by atoms with Crippen LogP contribution < -0.4 is 0 Å². The number of carbonyl (C=O) groups is 2. The van der Waals surface area contributed by atoms with E-state index in [9.17, 15) is 14.9 Å². The van der Waals surface area contributed by atoms with Gasteiger partial charge in [0.1, 0.15) is 0 Å². The molecule has 0 bridgehead atoms. The molecule has 3 aromatic carbocycles. The summed E-state index contributed by atoms with van der Waals surface area (Å²) in [6, 6.07) is 22.0. The number of amides is 2. The normalized spacial score (nSPS) is 17.0. The fraction of sp³-hybridized carbons (Fsp3) is 0.417. The first kappa shape index (κ1) is 31.4. The second-order valence-electron chi connectivity index (χ2n) is 12.4. The Bertz CT molecular complexity index is 1530. The molecular formula is C36H44N6O2. The van der Waals surface area contributed by atoms with E-state index >= 15 is 0 Å². The minimum Gasteiger partial charge on any atom is -0.345 e. The lowest BCUT2D eigenvalue weighted by Crippen LogP contribution is -2.34. The van der Waals surface area contributed by atoms with Gasteiger partial charge >= 0.3 is 0 Å². The largest absolute Gasteiger partial charge is 0.345 e. The van der Waals surface area contributed by atoms with Crippen molar-refractivity contribution < 1.29 is 9.59 Å². The van der Waals surface area contributed by atoms with Crippen molar-refractivity contribution in [3.63, 3.8) is 0 Å². The fourth-order valence-corrected chi connectivity index (χ4v) is 6.17. The van der Waals surface area contributed by atoms with Crippen LogP contribution in [0.2, 0.25) is 0 Å². The summed E-state index contributed by atoms with van der Waals surface area (Å²) >= 11 is 0. The van der Waals surface area contributed by atoms with E-state index in [2.05, 4.69) is 40.9 Å². The zero-order chi connectivity index (χ0) is 31.2. The van der Waals surface area contributed by atoms with Crippen LogP contribution in [-0.2, 0) is 6.54 Å². The van der Waals surface area contributed by atoms with Crippen molar-refractivity contribution in [3.05, 3.63) is 82.9 Å². The van der Waals surface area contributed by atoms with Crippen LogP contribution in [0.1, 0.15) is 44.7 Å². The highest BCUT2D eigenvalue weighted by atomic mass is 16.2. The SMILES string of the molecule is CN1CCCN(Cc2ccc(-c3ccc(C(=O)N4CCCN(C)CC4)cc3-c3ccc(C(=O)N(C)C)cc3)c(C#N)c2)CC1. The second-order valence-corrected chi connectivity index (χ2v) is 12.4. The van der Waals surface area contributed by atoms with E-state index < -0.39 is 0 Å². The molecule has 0 N–H and O–H groups in total. The Labute approximate surface area is 262 Å². The zero-order valence-corrected chi connectivity index (χ0v) is 26.6. The van der Waals surface area contributed by atoms with Crippen LogP contribution in [0.15, 0.2) is 60.7 Å². The summed E-state index contributed by atoms with van der Waals surface area (Å²) in [5, 5.41) is 10.3. The molecule has 8 nitrogen and oxygen atoms in total. The smallest absolute Gasteiger partial charge is 0.253 e. The van der Waals surface area contributed by atoms with Crippen molar-refractivity contribution >= 4 is 11.8 Å². The number of carbonyl (C=O) groups excluding carboxylic acids is 2. The molecule has 0 aromatic heterocycles. The first-order chi connectivity index (χ1) is 21.2. The predicted molar refractivity (Wildman–Crippen MR) is 175 cm³/mol. The first-order valence-electron chi connectivity index (χ1n) is 15.6. The maximum atomic E-state index is 13.7. The molecule has 8 heteroatoms. The molecule has 44 heavy (non-hydrogen) atoms. The van der Waals surface area contributed by atoms with Crippen LogP contribution >= 0.6 is 0 Å². The lowest BCUT2D eigenvalue weighted by molar-refractivity contribution is 0.0762. The molecule has 2 heterocycles. The predicted octanol–water partition coefficient (Wildman–Crippen LogP) is 4.51. The molecule has 0 spiro atoms. The van der Waals surface area contributed by atoms with Gasteiger partial charge in [0.05, 0.1) is 11.6 Å². The van der Waals surface area contributed by atoms with Gasteiger partial charge in [0.25, 0.3) is 11.8 Å². The van der Waals surface area contributed by atoms with Gasteiger partial charge in [-0.1, -0.05) is 30.3 Å². The topological polar surface area (TPSA) is 74.1 Å². The van der Waals surface area contributed by atoms with Gasteiger partial charge in [0, 0.05) is 70.1 Å². The van der Waals surface area contributed by atoms with Crippen LogP contribution in [0.5, 0.6) is 0 Å². The molecule has 230 valence electrons. The highest BCUT2D eigenvalue weighted by Crippen LogP contribution is 2.36. The molecule has 2 saturated heterocycles. The second kappa shape index (κ2) is 14.2. The number of hydrogen-bond donors (Lipinski definition) is 0. The van der Waals surface area contributed by atoms with Crippen LogP contribution in [0.3, 0.4) is 0 Å². The van der Waals surface area contributed by atoms with E-state index in [-0.39, 0.29) is 11.8 Å². The third-order valence-electron chi connectivity index (χ3n) is 8.84. The molecule has 5 rings (SSSR count).